The zero-order chi connectivity index (χ0) is 24.4. The van der Waals surface area contributed by atoms with E-state index in [2.05, 4.69) is 10.3 Å². The highest BCUT2D eigenvalue weighted by Gasteiger charge is 2.33. The Balaban J connectivity index is 1.53. The predicted molar refractivity (Wildman–Crippen MR) is 138 cm³/mol. The number of nitrogens with one attached hydrogen (secondary N) is 1. The number of benzene rings is 2. The van der Waals surface area contributed by atoms with Gasteiger partial charge in [0.1, 0.15) is 22.9 Å². The summed E-state index contributed by atoms with van der Waals surface area (Å²) in [6.07, 6.45) is 5.79. The second-order valence-electron chi connectivity index (χ2n) is 8.38. The van der Waals surface area contributed by atoms with E-state index in [1.807, 2.05) is 71.4 Å². The molecule has 0 unspecified atom stereocenters. The van der Waals surface area contributed by atoms with Gasteiger partial charge in [-0.25, -0.2) is 9.79 Å². The van der Waals surface area contributed by atoms with Crippen LogP contribution in [0.2, 0.25) is 0 Å². The van der Waals surface area contributed by atoms with Crippen LogP contribution in [0.1, 0.15) is 25.3 Å². The van der Waals surface area contributed by atoms with Gasteiger partial charge in [-0.2, -0.15) is 0 Å². The number of para-hydroxylation sites is 2. The van der Waals surface area contributed by atoms with Gasteiger partial charge in [0, 0.05) is 28.7 Å². The Morgan fingerprint density at radius 3 is 2.66 bits per heavy atom. The van der Waals surface area contributed by atoms with E-state index in [9.17, 15) is 14.7 Å². The second-order valence-corrected chi connectivity index (χ2v) is 9.41. The molecule has 1 fully saturated rings. The number of aliphatic hydroxyl groups excluding tert-OH is 1. The van der Waals surface area contributed by atoms with Gasteiger partial charge in [0.2, 0.25) is 5.91 Å². The number of esters is 1. The van der Waals surface area contributed by atoms with E-state index in [-0.39, 0.29) is 30.4 Å². The van der Waals surface area contributed by atoms with E-state index >= 15 is 0 Å². The minimum absolute atomic E-state index is 0.0210. The number of aliphatic imine (C=N–C) groups is 1. The average molecular weight is 488 g/mol. The minimum atomic E-state index is -0.616. The normalized spacial score (nSPS) is 18.0. The summed E-state index contributed by atoms with van der Waals surface area (Å²) >= 11 is 1.22. The Morgan fingerprint density at radius 1 is 1.17 bits per heavy atom. The van der Waals surface area contributed by atoms with Crippen molar-refractivity contribution in [3.05, 3.63) is 82.6 Å². The molecule has 1 amide bonds. The zero-order valence-electron chi connectivity index (χ0n) is 19.2. The lowest BCUT2D eigenvalue weighted by Gasteiger charge is -2.05. The zero-order valence-corrected chi connectivity index (χ0v) is 20.0. The summed E-state index contributed by atoms with van der Waals surface area (Å²) < 4.78 is 7.10. The molecule has 7 nitrogen and oxygen atoms in total. The maximum atomic E-state index is 12.7. The van der Waals surface area contributed by atoms with Crippen molar-refractivity contribution in [2.75, 3.05) is 6.61 Å². The Hall–Kier alpha value is -3.78. The van der Waals surface area contributed by atoms with Crippen molar-refractivity contribution in [1.29, 1.82) is 0 Å². The first-order valence-electron chi connectivity index (χ1n) is 11.5. The van der Waals surface area contributed by atoms with Gasteiger partial charge in [0.25, 0.3) is 0 Å². The molecule has 35 heavy (non-hydrogen) atoms. The summed E-state index contributed by atoms with van der Waals surface area (Å²) in [4.78, 5) is 30.2. The molecule has 2 N–H and O–H groups in total. The van der Waals surface area contributed by atoms with Gasteiger partial charge in [-0.3, -0.25) is 4.79 Å². The Morgan fingerprint density at radius 2 is 1.91 bits per heavy atom. The molecule has 0 radical (unpaired) electrons. The molecule has 1 saturated carbocycles. The van der Waals surface area contributed by atoms with Gasteiger partial charge in [-0.1, -0.05) is 48.2 Å². The van der Waals surface area contributed by atoms with Crippen LogP contribution in [0.4, 0.5) is 5.69 Å². The fourth-order valence-electron chi connectivity index (χ4n) is 3.93. The number of amides is 1. The van der Waals surface area contributed by atoms with Gasteiger partial charge in [-0.15, -0.1) is 0 Å². The number of rotatable bonds is 7. The third-order valence-corrected chi connectivity index (χ3v) is 6.74. The highest BCUT2D eigenvalue weighted by molar-refractivity contribution is 8.18. The van der Waals surface area contributed by atoms with Crippen LogP contribution in [0.25, 0.3) is 17.0 Å². The number of carbonyl (C=O) groups is 2. The van der Waals surface area contributed by atoms with Crippen molar-refractivity contribution >= 4 is 51.3 Å². The third kappa shape index (κ3) is 5.02. The lowest BCUT2D eigenvalue weighted by Crippen LogP contribution is -2.29. The summed E-state index contributed by atoms with van der Waals surface area (Å²) in [7, 11) is 0. The van der Waals surface area contributed by atoms with Crippen LogP contribution in [0.5, 0.6) is 0 Å². The summed E-state index contributed by atoms with van der Waals surface area (Å²) in [5, 5.41) is 15.4. The molecular weight excluding hydrogens is 462 g/mol. The fraction of sp³-hybridized carbons (Fsp3) is 0.222. The van der Waals surface area contributed by atoms with E-state index in [4.69, 9.17) is 4.74 Å². The van der Waals surface area contributed by atoms with Crippen molar-refractivity contribution in [2.24, 2.45) is 4.99 Å². The SMILES string of the molecule is CCOC(=O)C1=C(O)/C(=C/c2cn(CC(=O)NC3CC3)c3ccccc23)SC1=Nc1ccccc1. The van der Waals surface area contributed by atoms with E-state index in [1.54, 1.807) is 6.92 Å². The van der Waals surface area contributed by atoms with Crippen LogP contribution in [-0.2, 0) is 20.9 Å². The van der Waals surface area contributed by atoms with Gasteiger partial charge in [-0.05, 0) is 44.0 Å². The largest absolute Gasteiger partial charge is 0.506 e. The number of nitrogens with zero attached hydrogens (tertiary/aromatic N) is 2. The molecule has 3 aromatic rings. The average Bonchev–Trinajstić information content (AvgIpc) is 3.53. The lowest BCUT2D eigenvalue weighted by atomic mass is 10.1. The van der Waals surface area contributed by atoms with E-state index < -0.39 is 5.97 Å². The highest BCUT2D eigenvalue weighted by Crippen LogP contribution is 2.41. The molecule has 1 aliphatic carbocycles. The third-order valence-electron chi connectivity index (χ3n) is 5.72. The molecule has 2 aromatic carbocycles. The quantitative estimate of drug-likeness (QED) is 0.452. The van der Waals surface area contributed by atoms with E-state index in [0.717, 1.165) is 29.3 Å². The monoisotopic (exact) mass is 487 g/mol. The number of ether oxygens (including phenoxy) is 1. The van der Waals surface area contributed by atoms with Gasteiger partial charge < -0.3 is 19.7 Å². The number of hydrogen-bond donors (Lipinski definition) is 2. The van der Waals surface area contributed by atoms with Crippen LogP contribution in [-0.4, -0.2) is 39.2 Å². The van der Waals surface area contributed by atoms with E-state index in [1.165, 1.54) is 11.8 Å². The topological polar surface area (TPSA) is 92.9 Å². The molecule has 0 saturated heterocycles. The van der Waals surface area contributed by atoms with Gasteiger partial charge in [0.15, 0.2) is 0 Å². The molecule has 0 spiro atoms. The number of carbonyl (C=O) groups excluding carboxylic acids is 2. The van der Waals surface area contributed by atoms with Crippen molar-refractivity contribution in [3.63, 3.8) is 0 Å². The Kier molecular flexibility index (Phi) is 6.46. The molecule has 5 rings (SSSR count). The Bertz CT molecular complexity index is 1380. The summed E-state index contributed by atoms with van der Waals surface area (Å²) in [5.74, 6) is -0.798. The molecule has 0 bridgehead atoms. The fourth-order valence-corrected chi connectivity index (χ4v) is 4.96. The highest BCUT2D eigenvalue weighted by atomic mass is 32.2. The molecule has 0 atom stereocenters. The van der Waals surface area contributed by atoms with Crippen LogP contribution in [0.15, 0.2) is 82.0 Å². The number of aliphatic hydroxyl groups is 1. The van der Waals surface area contributed by atoms with Crippen molar-refractivity contribution < 1.29 is 19.4 Å². The maximum Gasteiger partial charge on any atom is 0.344 e. The standard InChI is InChI=1S/C27H25N3O4S/c1-2-34-27(33)24-25(32)22(35-26(24)29-18-8-4-3-5-9-18)14-17-15-30(16-23(31)28-19-12-13-19)21-11-7-6-10-20(17)21/h3-11,14-15,19,32H,2,12-13,16H2,1H3,(H,28,31)/b22-14-,29-26?. The number of aromatic nitrogens is 1. The first kappa shape index (κ1) is 23.0. The summed E-state index contributed by atoms with van der Waals surface area (Å²) in [6.45, 7) is 2.12. The van der Waals surface area contributed by atoms with Crippen LogP contribution in [0, 0.1) is 0 Å². The molecule has 2 aliphatic rings. The Labute approximate surface area is 207 Å². The van der Waals surface area contributed by atoms with Crippen LogP contribution >= 0.6 is 11.8 Å². The van der Waals surface area contributed by atoms with Gasteiger partial charge >= 0.3 is 5.97 Å². The number of fused-ring (bicyclic) bond motifs is 1. The molecule has 1 aliphatic heterocycles. The lowest BCUT2D eigenvalue weighted by molar-refractivity contribution is -0.138. The first-order valence-corrected chi connectivity index (χ1v) is 12.4. The van der Waals surface area contributed by atoms with Crippen molar-refractivity contribution in [1.82, 2.24) is 9.88 Å². The summed E-state index contributed by atoms with van der Waals surface area (Å²) in [5.41, 5.74) is 2.47. The molecule has 2 heterocycles. The smallest absolute Gasteiger partial charge is 0.344 e. The predicted octanol–water partition coefficient (Wildman–Crippen LogP) is 5.11. The number of thioether (sulfide) groups is 1. The van der Waals surface area contributed by atoms with E-state index in [0.29, 0.717) is 21.7 Å². The molecule has 178 valence electrons. The molecule has 8 heteroatoms. The van der Waals surface area contributed by atoms with Crippen molar-refractivity contribution in [3.8, 4) is 0 Å². The number of hydrogen-bond acceptors (Lipinski definition) is 6. The van der Waals surface area contributed by atoms with Gasteiger partial charge in [0.05, 0.1) is 17.2 Å². The van der Waals surface area contributed by atoms with Crippen LogP contribution in [0.3, 0.4) is 0 Å². The molecular formula is C27H25N3O4S. The maximum absolute atomic E-state index is 12.7. The second kappa shape index (κ2) is 9.84. The molecule has 1 aromatic heterocycles. The van der Waals surface area contributed by atoms with Crippen LogP contribution < -0.4 is 5.32 Å². The van der Waals surface area contributed by atoms with Crippen molar-refractivity contribution in [2.45, 2.75) is 32.4 Å². The summed E-state index contributed by atoms with van der Waals surface area (Å²) in [6, 6.07) is 17.4. The first-order chi connectivity index (χ1) is 17.0. The minimum Gasteiger partial charge on any atom is -0.506 e.